The summed E-state index contributed by atoms with van der Waals surface area (Å²) in [6.07, 6.45) is 6.24. The van der Waals surface area contributed by atoms with Gasteiger partial charge in [-0.25, -0.2) is 8.78 Å². The van der Waals surface area contributed by atoms with E-state index in [2.05, 4.69) is 5.32 Å². The van der Waals surface area contributed by atoms with Crippen molar-refractivity contribution < 1.29 is 28.2 Å². The molecule has 1 fully saturated rings. The summed E-state index contributed by atoms with van der Waals surface area (Å²) < 4.78 is 34.7. The minimum absolute atomic E-state index is 0.0820. The Bertz CT molecular complexity index is 1310. The third-order valence-electron chi connectivity index (χ3n) is 6.83. The average Bonchev–Trinajstić information content (AvgIpc) is 2.83. The Kier molecular flexibility index (Phi) is 5.44. The number of carbonyl (C=O) groups is 2. The van der Waals surface area contributed by atoms with Crippen molar-refractivity contribution in [3.05, 3.63) is 74.2 Å². The zero-order chi connectivity index (χ0) is 24.2. The molecule has 34 heavy (non-hydrogen) atoms. The van der Waals surface area contributed by atoms with Gasteiger partial charge in [0.15, 0.2) is 11.4 Å². The van der Waals surface area contributed by atoms with E-state index < -0.39 is 56.8 Å². The number of benzene rings is 1. The molecule has 3 aliphatic heterocycles. The highest BCUT2D eigenvalue weighted by Gasteiger charge is 2.54. The fraction of sp³-hybridized carbons (Fsp3) is 0.348. The van der Waals surface area contributed by atoms with Crippen LogP contribution in [0.4, 0.5) is 8.78 Å². The first kappa shape index (κ1) is 22.5. The summed E-state index contributed by atoms with van der Waals surface area (Å²) in [5.41, 5.74) is -2.31. The molecule has 0 bridgehead atoms. The van der Waals surface area contributed by atoms with Crippen molar-refractivity contribution in [3.8, 4) is 5.75 Å². The lowest BCUT2D eigenvalue weighted by atomic mass is 9.76. The number of fused-ring (bicyclic) bond motifs is 2. The minimum atomic E-state index is -1.02. The molecule has 0 radical (unpaired) electrons. The van der Waals surface area contributed by atoms with Crippen LogP contribution < -0.4 is 10.7 Å². The molecule has 4 heterocycles. The Morgan fingerprint density at radius 3 is 2.88 bits per heavy atom. The predicted molar refractivity (Wildman–Crippen MR) is 117 cm³/mol. The first-order valence-corrected chi connectivity index (χ1v) is 11.1. The smallest absolute Gasteiger partial charge is 0.275 e. The summed E-state index contributed by atoms with van der Waals surface area (Å²) in [6, 6.07) is 1.66. The fourth-order valence-corrected chi connectivity index (χ4v) is 5.23. The standard InChI is InChI=1S/C23H20ClF2N3O5/c24-16-14(25)4-3-12(17(16)26)9-27-21(32)13-10-28-15-11-34-8-6-23(15)5-1-2-7-29(23)22(33)18(28)20(31)19(13)30/h1-4,10,15,31H,5-9,11H2,(H,27,32)/t15-,23+/m0/s1. The van der Waals surface area contributed by atoms with E-state index in [-0.39, 0.29) is 24.4 Å². The molecule has 1 aromatic carbocycles. The first-order valence-electron chi connectivity index (χ1n) is 10.7. The molecule has 178 valence electrons. The molecule has 2 aromatic rings. The molecule has 2 atom stereocenters. The van der Waals surface area contributed by atoms with E-state index in [0.29, 0.717) is 26.0 Å². The second-order valence-corrected chi connectivity index (χ2v) is 8.91. The van der Waals surface area contributed by atoms with Crippen molar-refractivity contribution in [2.75, 3.05) is 19.8 Å². The number of aromatic nitrogens is 1. The second-order valence-electron chi connectivity index (χ2n) is 8.53. The van der Waals surface area contributed by atoms with Gasteiger partial charge in [0.05, 0.1) is 18.2 Å². The van der Waals surface area contributed by atoms with Gasteiger partial charge in [-0.1, -0.05) is 29.8 Å². The number of hydrogen-bond acceptors (Lipinski definition) is 5. The van der Waals surface area contributed by atoms with E-state index in [9.17, 15) is 28.3 Å². The molecule has 11 heteroatoms. The molecular formula is C23H20ClF2N3O5. The highest BCUT2D eigenvalue weighted by atomic mass is 35.5. The van der Waals surface area contributed by atoms with Crippen LogP contribution in [0, 0.1) is 11.6 Å². The molecule has 0 aliphatic carbocycles. The summed E-state index contributed by atoms with van der Waals surface area (Å²) >= 11 is 5.57. The maximum Gasteiger partial charge on any atom is 0.275 e. The van der Waals surface area contributed by atoms with Crippen LogP contribution >= 0.6 is 11.6 Å². The summed E-state index contributed by atoms with van der Waals surface area (Å²) in [4.78, 5) is 40.7. The third kappa shape index (κ3) is 3.24. The van der Waals surface area contributed by atoms with E-state index in [0.717, 1.165) is 12.1 Å². The molecule has 8 nitrogen and oxygen atoms in total. The van der Waals surface area contributed by atoms with Gasteiger partial charge in [-0.15, -0.1) is 0 Å². The van der Waals surface area contributed by atoms with Crippen molar-refractivity contribution >= 4 is 23.4 Å². The Balaban J connectivity index is 1.53. The highest BCUT2D eigenvalue weighted by Crippen LogP contribution is 2.46. The quantitative estimate of drug-likeness (QED) is 0.507. The van der Waals surface area contributed by atoms with Crippen LogP contribution in [0.5, 0.6) is 5.75 Å². The highest BCUT2D eigenvalue weighted by molar-refractivity contribution is 6.30. The number of pyridine rings is 1. The number of carbonyl (C=O) groups excluding carboxylic acids is 2. The second kappa shape index (κ2) is 8.21. The Morgan fingerprint density at radius 2 is 2.09 bits per heavy atom. The Labute approximate surface area is 197 Å². The summed E-state index contributed by atoms with van der Waals surface area (Å²) in [6.45, 7) is 0.652. The van der Waals surface area contributed by atoms with Gasteiger partial charge in [-0.05, 0) is 18.9 Å². The normalized spacial score (nSPS) is 23.2. The van der Waals surface area contributed by atoms with Gasteiger partial charge >= 0.3 is 0 Å². The third-order valence-corrected chi connectivity index (χ3v) is 7.18. The minimum Gasteiger partial charge on any atom is -0.503 e. The number of nitrogens with one attached hydrogen (secondary N) is 1. The molecule has 1 spiro atoms. The van der Waals surface area contributed by atoms with Crippen LogP contribution in [-0.2, 0) is 11.3 Å². The van der Waals surface area contributed by atoms with Gasteiger partial charge < -0.3 is 24.6 Å². The van der Waals surface area contributed by atoms with Gasteiger partial charge in [0.25, 0.3) is 11.8 Å². The summed E-state index contributed by atoms with van der Waals surface area (Å²) in [5, 5.41) is 12.4. The van der Waals surface area contributed by atoms with Gasteiger partial charge in [0.1, 0.15) is 22.2 Å². The van der Waals surface area contributed by atoms with Crippen LogP contribution in [0.2, 0.25) is 5.02 Å². The van der Waals surface area contributed by atoms with Crippen LogP contribution in [0.1, 0.15) is 45.3 Å². The van der Waals surface area contributed by atoms with Crippen LogP contribution in [-0.4, -0.2) is 51.7 Å². The Hall–Kier alpha value is -3.24. The predicted octanol–water partition coefficient (Wildman–Crippen LogP) is 2.53. The lowest BCUT2D eigenvalue weighted by molar-refractivity contribution is -0.0673. The van der Waals surface area contributed by atoms with Crippen molar-refractivity contribution in [2.24, 2.45) is 0 Å². The number of hydrogen-bond donors (Lipinski definition) is 2. The van der Waals surface area contributed by atoms with Gasteiger partial charge in [-0.3, -0.25) is 14.4 Å². The van der Waals surface area contributed by atoms with Crippen LogP contribution in [0.25, 0.3) is 0 Å². The maximum atomic E-state index is 14.2. The molecule has 0 unspecified atom stereocenters. The maximum absolute atomic E-state index is 14.2. The van der Waals surface area contributed by atoms with E-state index in [1.165, 1.54) is 10.8 Å². The molecular weight excluding hydrogens is 472 g/mol. The van der Waals surface area contributed by atoms with E-state index in [1.807, 2.05) is 12.2 Å². The lowest BCUT2D eigenvalue weighted by Gasteiger charge is -2.55. The Morgan fingerprint density at radius 1 is 1.29 bits per heavy atom. The molecule has 2 amide bonds. The van der Waals surface area contributed by atoms with Crippen LogP contribution in [0.3, 0.4) is 0 Å². The number of amides is 2. The molecule has 1 aromatic heterocycles. The van der Waals surface area contributed by atoms with Crippen molar-refractivity contribution in [1.29, 1.82) is 0 Å². The molecule has 5 rings (SSSR count). The molecule has 0 saturated carbocycles. The van der Waals surface area contributed by atoms with E-state index in [1.54, 1.807) is 4.90 Å². The number of halogens is 3. The fourth-order valence-electron chi connectivity index (χ4n) is 5.04. The molecule has 3 aliphatic rings. The SMILES string of the molecule is O=C(NCc1ccc(F)c(Cl)c1F)c1cn2c(c(O)c1=O)C(=O)N1CC=CC[C@]13CCOC[C@H]23. The summed E-state index contributed by atoms with van der Waals surface area (Å²) in [7, 11) is 0. The number of aromatic hydroxyl groups is 1. The van der Waals surface area contributed by atoms with Crippen molar-refractivity contribution in [2.45, 2.75) is 31.0 Å². The van der Waals surface area contributed by atoms with Crippen LogP contribution in [0.15, 0.2) is 35.3 Å². The van der Waals surface area contributed by atoms with Gasteiger partial charge in [0, 0.05) is 31.5 Å². The van der Waals surface area contributed by atoms with Crippen molar-refractivity contribution in [3.63, 3.8) is 0 Å². The molecule has 1 saturated heterocycles. The number of ether oxygens (including phenoxy) is 1. The monoisotopic (exact) mass is 491 g/mol. The largest absolute Gasteiger partial charge is 0.503 e. The van der Waals surface area contributed by atoms with Gasteiger partial charge in [0.2, 0.25) is 5.43 Å². The van der Waals surface area contributed by atoms with Crippen molar-refractivity contribution in [1.82, 2.24) is 14.8 Å². The number of rotatable bonds is 3. The molecule has 2 N–H and O–H groups in total. The first-order chi connectivity index (χ1) is 16.3. The average molecular weight is 492 g/mol. The zero-order valence-electron chi connectivity index (χ0n) is 17.8. The zero-order valence-corrected chi connectivity index (χ0v) is 18.6. The van der Waals surface area contributed by atoms with Gasteiger partial charge in [-0.2, -0.15) is 0 Å². The topological polar surface area (TPSA) is 101 Å². The summed E-state index contributed by atoms with van der Waals surface area (Å²) in [5.74, 6) is -4.18. The van der Waals surface area contributed by atoms with E-state index in [4.69, 9.17) is 16.3 Å². The number of nitrogens with zero attached hydrogens (tertiary/aromatic N) is 2. The lowest BCUT2D eigenvalue weighted by Crippen LogP contribution is -2.65. The van der Waals surface area contributed by atoms with E-state index >= 15 is 0 Å².